The van der Waals surface area contributed by atoms with Crippen LogP contribution < -0.4 is 5.32 Å². The number of hydrogen-bond donors (Lipinski definition) is 1. The van der Waals surface area contributed by atoms with Gasteiger partial charge in [0.1, 0.15) is 0 Å². The molecule has 1 fully saturated rings. The molecule has 0 aliphatic heterocycles. The highest BCUT2D eigenvalue weighted by atomic mass is 35.5. The second-order valence-corrected chi connectivity index (χ2v) is 7.03. The van der Waals surface area contributed by atoms with E-state index in [1.54, 1.807) is 6.20 Å². The van der Waals surface area contributed by atoms with Crippen LogP contribution in [0, 0.1) is 0 Å². The zero-order valence-electron chi connectivity index (χ0n) is 13.8. The second-order valence-electron chi connectivity index (χ2n) is 6.60. The summed E-state index contributed by atoms with van der Waals surface area (Å²) in [5.41, 5.74) is 2.46. The topological polar surface area (TPSA) is 45.2 Å². The van der Waals surface area contributed by atoms with Gasteiger partial charge in [0, 0.05) is 35.9 Å². The van der Waals surface area contributed by atoms with Crippen LogP contribution in [0.2, 0.25) is 5.02 Å². The molecular formula is C19H22ClN3O. The zero-order chi connectivity index (χ0) is 17.0. The van der Waals surface area contributed by atoms with Gasteiger partial charge in [0.05, 0.1) is 6.54 Å². The predicted molar refractivity (Wildman–Crippen MR) is 95.9 cm³/mol. The van der Waals surface area contributed by atoms with Crippen LogP contribution in [0.1, 0.15) is 24.0 Å². The van der Waals surface area contributed by atoms with E-state index in [1.807, 2.05) is 42.4 Å². The molecule has 0 saturated heterocycles. The van der Waals surface area contributed by atoms with Gasteiger partial charge in [-0.1, -0.05) is 29.8 Å². The monoisotopic (exact) mass is 343 g/mol. The number of likely N-dealkylation sites (N-methyl/N-ethyl adjacent to an activating group) is 1. The molecule has 1 N–H and O–H groups in total. The first kappa shape index (κ1) is 16.9. The Bertz CT molecular complexity index is 684. The Morgan fingerprint density at radius 2 is 2.04 bits per heavy atom. The number of carbonyl (C=O) groups excluding carboxylic acids is 1. The summed E-state index contributed by atoms with van der Waals surface area (Å²) in [5, 5.41) is 3.83. The van der Waals surface area contributed by atoms with Gasteiger partial charge < -0.3 is 5.32 Å². The lowest BCUT2D eigenvalue weighted by Gasteiger charge is -2.19. The van der Waals surface area contributed by atoms with Crippen molar-refractivity contribution in [2.45, 2.75) is 24.8 Å². The van der Waals surface area contributed by atoms with E-state index in [2.05, 4.69) is 22.4 Å². The van der Waals surface area contributed by atoms with Crippen LogP contribution in [0.5, 0.6) is 0 Å². The molecule has 1 aliphatic rings. The van der Waals surface area contributed by atoms with Crippen molar-refractivity contribution in [3.05, 3.63) is 64.9 Å². The Labute approximate surface area is 147 Å². The van der Waals surface area contributed by atoms with E-state index >= 15 is 0 Å². The normalized spacial score (nSPS) is 15.3. The van der Waals surface area contributed by atoms with Crippen molar-refractivity contribution in [3.8, 4) is 0 Å². The van der Waals surface area contributed by atoms with Gasteiger partial charge in [-0.05, 0) is 49.2 Å². The molecule has 1 amide bonds. The molecule has 0 unspecified atom stereocenters. The van der Waals surface area contributed by atoms with Crippen molar-refractivity contribution < 1.29 is 4.79 Å². The molecule has 0 spiro atoms. The Morgan fingerprint density at radius 3 is 2.67 bits per heavy atom. The van der Waals surface area contributed by atoms with E-state index in [9.17, 15) is 4.79 Å². The average molecular weight is 344 g/mol. The molecule has 1 saturated carbocycles. The van der Waals surface area contributed by atoms with Gasteiger partial charge in [-0.15, -0.1) is 0 Å². The number of hydrogen-bond acceptors (Lipinski definition) is 3. The molecule has 0 bridgehead atoms. The zero-order valence-corrected chi connectivity index (χ0v) is 14.6. The second kappa shape index (κ2) is 7.32. The maximum absolute atomic E-state index is 12.2. The molecule has 1 aromatic carbocycles. The quantitative estimate of drug-likeness (QED) is 0.840. The first-order chi connectivity index (χ1) is 11.6. The maximum Gasteiger partial charge on any atom is 0.234 e. The summed E-state index contributed by atoms with van der Waals surface area (Å²) in [7, 11) is 1.94. The highest BCUT2D eigenvalue weighted by Crippen LogP contribution is 2.47. The van der Waals surface area contributed by atoms with Crippen LogP contribution in [0.15, 0.2) is 48.8 Å². The number of nitrogens with one attached hydrogen (secondary N) is 1. The van der Waals surface area contributed by atoms with Crippen molar-refractivity contribution >= 4 is 17.5 Å². The molecule has 2 aromatic rings. The van der Waals surface area contributed by atoms with E-state index in [4.69, 9.17) is 11.6 Å². The van der Waals surface area contributed by atoms with Crippen molar-refractivity contribution in [2.24, 2.45) is 0 Å². The van der Waals surface area contributed by atoms with Gasteiger partial charge in [-0.3, -0.25) is 14.7 Å². The van der Waals surface area contributed by atoms with E-state index in [-0.39, 0.29) is 11.3 Å². The van der Waals surface area contributed by atoms with Gasteiger partial charge in [0.25, 0.3) is 0 Å². The lowest BCUT2D eigenvalue weighted by atomic mass is 9.96. The summed E-state index contributed by atoms with van der Waals surface area (Å²) < 4.78 is 0. The lowest BCUT2D eigenvalue weighted by molar-refractivity contribution is -0.122. The minimum absolute atomic E-state index is 0.0571. The largest absolute Gasteiger partial charge is 0.354 e. The number of pyridine rings is 1. The molecule has 1 aromatic heterocycles. The Morgan fingerprint density at radius 1 is 1.29 bits per heavy atom. The van der Waals surface area contributed by atoms with Crippen molar-refractivity contribution in [2.75, 3.05) is 20.1 Å². The molecular weight excluding hydrogens is 322 g/mol. The van der Waals surface area contributed by atoms with Crippen LogP contribution >= 0.6 is 11.6 Å². The summed E-state index contributed by atoms with van der Waals surface area (Å²) in [5.74, 6) is 0.0571. The average Bonchev–Trinajstić information content (AvgIpc) is 3.35. The highest BCUT2D eigenvalue weighted by Gasteiger charge is 2.44. The van der Waals surface area contributed by atoms with Gasteiger partial charge in [0.15, 0.2) is 0 Å². The minimum Gasteiger partial charge on any atom is -0.354 e. The Kier molecular flexibility index (Phi) is 5.17. The van der Waals surface area contributed by atoms with Crippen molar-refractivity contribution in [1.29, 1.82) is 0 Å². The third kappa shape index (κ3) is 4.34. The predicted octanol–water partition coefficient (Wildman–Crippen LogP) is 3.01. The SMILES string of the molecule is CN(CC(=O)NCC1(c2ccc(Cl)cc2)CC1)Cc1cccnc1. The van der Waals surface area contributed by atoms with Crippen LogP contribution in [0.3, 0.4) is 0 Å². The number of carbonyl (C=O) groups is 1. The number of benzene rings is 1. The van der Waals surface area contributed by atoms with Gasteiger partial charge >= 0.3 is 0 Å². The molecule has 126 valence electrons. The van der Waals surface area contributed by atoms with Gasteiger partial charge in [-0.25, -0.2) is 0 Å². The number of halogens is 1. The molecule has 24 heavy (non-hydrogen) atoms. The third-order valence-corrected chi connectivity index (χ3v) is 4.77. The summed E-state index contributed by atoms with van der Waals surface area (Å²) in [4.78, 5) is 18.3. The van der Waals surface area contributed by atoms with E-state index in [0.717, 1.165) is 23.4 Å². The fourth-order valence-corrected chi connectivity index (χ4v) is 3.08. The first-order valence-corrected chi connectivity index (χ1v) is 8.55. The molecule has 1 aliphatic carbocycles. The number of nitrogens with zero attached hydrogens (tertiary/aromatic N) is 2. The number of amides is 1. The van der Waals surface area contributed by atoms with Crippen LogP contribution in [0.4, 0.5) is 0 Å². The molecule has 3 rings (SSSR count). The van der Waals surface area contributed by atoms with Crippen LogP contribution in [0.25, 0.3) is 0 Å². The van der Waals surface area contributed by atoms with Crippen molar-refractivity contribution in [1.82, 2.24) is 15.2 Å². The van der Waals surface area contributed by atoms with E-state index in [0.29, 0.717) is 19.6 Å². The maximum atomic E-state index is 12.2. The molecule has 0 radical (unpaired) electrons. The fourth-order valence-electron chi connectivity index (χ4n) is 2.95. The van der Waals surface area contributed by atoms with Crippen LogP contribution in [-0.4, -0.2) is 35.9 Å². The minimum atomic E-state index is 0.0571. The van der Waals surface area contributed by atoms with Crippen LogP contribution in [-0.2, 0) is 16.8 Å². The first-order valence-electron chi connectivity index (χ1n) is 8.18. The third-order valence-electron chi connectivity index (χ3n) is 4.52. The summed E-state index contributed by atoms with van der Waals surface area (Å²) in [6.07, 6.45) is 5.80. The number of rotatable bonds is 7. The molecule has 0 atom stereocenters. The highest BCUT2D eigenvalue weighted by molar-refractivity contribution is 6.30. The summed E-state index contributed by atoms with van der Waals surface area (Å²) in [6.45, 7) is 1.78. The molecule has 4 nitrogen and oxygen atoms in total. The van der Waals surface area contributed by atoms with Gasteiger partial charge in [-0.2, -0.15) is 0 Å². The Hall–Kier alpha value is -1.91. The fraction of sp³-hybridized carbons (Fsp3) is 0.368. The lowest BCUT2D eigenvalue weighted by Crippen LogP contribution is -2.38. The molecule has 1 heterocycles. The smallest absolute Gasteiger partial charge is 0.234 e. The van der Waals surface area contributed by atoms with E-state index < -0.39 is 0 Å². The van der Waals surface area contributed by atoms with Gasteiger partial charge in [0.2, 0.25) is 5.91 Å². The molecule has 5 heteroatoms. The standard InChI is InChI=1S/C19H22ClN3O/c1-23(12-15-3-2-10-21-11-15)13-18(24)22-14-19(8-9-19)16-4-6-17(20)7-5-16/h2-7,10-11H,8-9,12-14H2,1H3,(H,22,24). The number of aromatic nitrogens is 1. The Balaban J connectivity index is 1.48. The summed E-state index contributed by atoms with van der Waals surface area (Å²) in [6, 6.07) is 11.9. The summed E-state index contributed by atoms with van der Waals surface area (Å²) >= 11 is 5.95. The van der Waals surface area contributed by atoms with E-state index in [1.165, 1.54) is 5.56 Å². The van der Waals surface area contributed by atoms with Crippen molar-refractivity contribution in [3.63, 3.8) is 0 Å².